The lowest BCUT2D eigenvalue weighted by molar-refractivity contribution is -0.390. The Bertz CT molecular complexity index is 487. The Kier molecular flexibility index (Phi) is 2.88. The maximum absolute atomic E-state index is 6.56. The zero-order chi connectivity index (χ0) is 14.2. The standard InChI is InChI=1S/C15H20BrClO2/c1-8(2)9-7-15-12(18-9)19-14(15,5)11(17)6-10(16)13(15,3)4/h6,9,11-12H,1,7H2,2-5H3/t9-,11+,12+,14-,15+/m1/s1. The normalized spacial score (nSPS) is 50.8. The van der Waals surface area contributed by atoms with Crippen molar-refractivity contribution in [2.75, 3.05) is 0 Å². The topological polar surface area (TPSA) is 18.5 Å². The van der Waals surface area contributed by atoms with Crippen LogP contribution >= 0.6 is 27.5 Å². The summed E-state index contributed by atoms with van der Waals surface area (Å²) < 4.78 is 13.3. The second-order valence-electron chi connectivity index (χ2n) is 6.74. The molecule has 5 atom stereocenters. The number of rotatable bonds is 1. The molecule has 19 heavy (non-hydrogen) atoms. The van der Waals surface area contributed by atoms with Crippen LogP contribution in [0.1, 0.15) is 34.1 Å². The predicted octanol–water partition coefficient (Wildman–Crippen LogP) is 4.38. The van der Waals surface area contributed by atoms with Crippen molar-refractivity contribution >= 4 is 27.5 Å². The average Bonchev–Trinajstić information content (AvgIpc) is 2.61. The van der Waals surface area contributed by atoms with Crippen molar-refractivity contribution in [3.8, 4) is 0 Å². The van der Waals surface area contributed by atoms with E-state index in [2.05, 4.69) is 49.4 Å². The third-order valence-corrected chi connectivity index (χ3v) is 7.31. The van der Waals surface area contributed by atoms with Gasteiger partial charge in [0.05, 0.1) is 22.5 Å². The Morgan fingerprint density at radius 2 is 2.11 bits per heavy atom. The van der Waals surface area contributed by atoms with Gasteiger partial charge in [-0.25, -0.2) is 0 Å². The summed E-state index contributed by atoms with van der Waals surface area (Å²) in [7, 11) is 0. The van der Waals surface area contributed by atoms with E-state index < -0.39 is 0 Å². The molecular formula is C15H20BrClO2. The molecule has 3 aliphatic rings. The van der Waals surface area contributed by atoms with E-state index in [4.69, 9.17) is 21.1 Å². The Morgan fingerprint density at radius 3 is 2.68 bits per heavy atom. The zero-order valence-corrected chi connectivity index (χ0v) is 14.1. The van der Waals surface area contributed by atoms with E-state index >= 15 is 0 Å². The number of alkyl halides is 1. The summed E-state index contributed by atoms with van der Waals surface area (Å²) in [5, 5.41) is -0.140. The lowest BCUT2D eigenvalue weighted by atomic mass is 9.49. The average molecular weight is 348 g/mol. The molecule has 0 amide bonds. The third-order valence-electron chi connectivity index (χ3n) is 5.52. The van der Waals surface area contributed by atoms with E-state index in [0.717, 1.165) is 16.5 Å². The molecular weight excluding hydrogens is 328 g/mol. The van der Waals surface area contributed by atoms with Crippen LogP contribution in [0.25, 0.3) is 0 Å². The molecule has 1 aliphatic carbocycles. The smallest absolute Gasteiger partial charge is 0.168 e. The zero-order valence-electron chi connectivity index (χ0n) is 11.8. The number of hydrogen-bond acceptors (Lipinski definition) is 2. The van der Waals surface area contributed by atoms with Crippen LogP contribution in [0.2, 0.25) is 0 Å². The molecule has 0 bridgehead atoms. The van der Waals surface area contributed by atoms with Crippen LogP contribution in [-0.2, 0) is 9.47 Å². The van der Waals surface area contributed by atoms with Crippen LogP contribution in [0.5, 0.6) is 0 Å². The van der Waals surface area contributed by atoms with Gasteiger partial charge in [-0.3, -0.25) is 0 Å². The summed E-state index contributed by atoms with van der Waals surface area (Å²) in [5.41, 5.74) is 0.538. The molecule has 2 nitrogen and oxygen atoms in total. The SMILES string of the molecule is C=C(C)[C@H]1C[C@@]23[C@@H](O1)O[C@]2(C)[C@@H](Cl)C=C(Br)C3(C)C. The Balaban J connectivity index is 2.11. The van der Waals surface area contributed by atoms with Gasteiger partial charge in [-0.2, -0.15) is 0 Å². The van der Waals surface area contributed by atoms with Gasteiger partial charge < -0.3 is 9.47 Å². The molecule has 0 aromatic carbocycles. The molecule has 0 N–H and O–H groups in total. The molecule has 2 saturated heterocycles. The molecule has 2 heterocycles. The molecule has 3 rings (SSSR count). The van der Waals surface area contributed by atoms with Crippen LogP contribution in [0.15, 0.2) is 22.7 Å². The lowest BCUT2D eigenvalue weighted by Gasteiger charge is -2.68. The van der Waals surface area contributed by atoms with Gasteiger partial charge in [0.25, 0.3) is 0 Å². The molecule has 2 fully saturated rings. The van der Waals surface area contributed by atoms with Gasteiger partial charge in [-0.15, -0.1) is 11.6 Å². The van der Waals surface area contributed by atoms with E-state index in [9.17, 15) is 0 Å². The Morgan fingerprint density at radius 1 is 1.47 bits per heavy atom. The van der Waals surface area contributed by atoms with Gasteiger partial charge in [0.1, 0.15) is 0 Å². The van der Waals surface area contributed by atoms with E-state index in [0.29, 0.717) is 0 Å². The number of allylic oxidation sites excluding steroid dienone is 1. The van der Waals surface area contributed by atoms with Crippen molar-refractivity contribution in [1.82, 2.24) is 0 Å². The van der Waals surface area contributed by atoms with Crippen molar-refractivity contribution in [3.63, 3.8) is 0 Å². The molecule has 1 spiro atoms. The van der Waals surface area contributed by atoms with Crippen LogP contribution < -0.4 is 0 Å². The highest BCUT2D eigenvalue weighted by Crippen LogP contribution is 2.73. The number of hydrogen-bond donors (Lipinski definition) is 0. The van der Waals surface area contributed by atoms with E-state index in [-0.39, 0.29) is 34.2 Å². The van der Waals surface area contributed by atoms with Crippen molar-refractivity contribution in [2.45, 2.75) is 57.5 Å². The fraction of sp³-hybridized carbons (Fsp3) is 0.733. The maximum Gasteiger partial charge on any atom is 0.168 e. The minimum Gasteiger partial charge on any atom is -0.344 e. The molecule has 106 valence electrons. The second kappa shape index (κ2) is 3.88. The quantitative estimate of drug-likeness (QED) is 0.518. The minimum absolute atomic E-state index is 0.0553. The van der Waals surface area contributed by atoms with Crippen molar-refractivity contribution in [1.29, 1.82) is 0 Å². The lowest BCUT2D eigenvalue weighted by Crippen LogP contribution is -2.75. The largest absolute Gasteiger partial charge is 0.344 e. The van der Waals surface area contributed by atoms with E-state index in [1.807, 2.05) is 6.92 Å². The first kappa shape index (κ1) is 14.1. The van der Waals surface area contributed by atoms with Gasteiger partial charge in [-0.05, 0) is 24.8 Å². The Labute approximate surface area is 128 Å². The summed E-state index contributed by atoms with van der Waals surface area (Å²) in [5.74, 6) is 0. The molecule has 0 unspecified atom stereocenters. The number of halogens is 2. The van der Waals surface area contributed by atoms with Crippen molar-refractivity contribution in [3.05, 3.63) is 22.7 Å². The van der Waals surface area contributed by atoms with Gasteiger partial charge in [0, 0.05) is 5.41 Å². The van der Waals surface area contributed by atoms with Crippen LogP contribution in [0, 0.1) is 10.8 Å². The molecule has 0 radical (unpaired) electrons. The van der Waals surface area contributed by atoms with Gasteiger partial charge in [0.2, 0.25) is 0 Å². The monoisotopic (exact) mass is 346 g/mol. The minimum atomic E-state index is -0.371. The Hall–Kier alpha value is 0.170. The van der Waals surface area contributed by atoms with Gasteiger partial charge in [-0.1, -0.05) is 48.0 Å². The molecule has 0 aromatic rings. The van der Waals surface area contributed by atoms with Crippen molar-refractivity contribution in [2.24, 2.45) is 10.8 Å². The second-order valence-corrected chi connectivity index (χ2v) is 8.07. The van der Waals surface area contributed by atoms with Gasteiger partial charge >= 0.3 is 0 Å². The summed E-state index contributed by atoms with van der Waals surface area (Å²) in [6.45, 7) is 12.7. The van der Waals surface area contributed by atoms with Crippen LogP contribution in [0.4, 0.5) is 0 Å². The van der Waals surface area contributed by atoms with E-state index in [1.165, 1.54) is 0 Å². The first-order chi connectivity index (χ1) is 8.67. The fourth-order valence-electron chi connectivity index (χ4n) is 4.02. The molecule has 0 saturated carbocycles. The first-order valence-corrected chi connectivity index (χ1v) is 7.90. The highest BCUT2D eigenvalue weighted by Gasteiger charge is 2.78. The summed E-state index contributed by atoms with van der Waals surface area (Å²) in [6.07, 6.45) is 2.87. The van der Waals surface area contributed by atoms with Crippen LogP contribution in [-0.4, -0.2) is 23.4 Å². The molecule has 0 aromatic heterocycles. The fourth-order valence-corrected chi connectivity index (χ4v) is 5.16. The summed E-state index contributed by atoms with van der Waals surface area (Å²) in [6, 6.07) is 0. The van der Waals surface area contributed by atoms with E-state index in [1.54, 1.807) is 0 Å². The maximum atomic E-state index is 6.56. The highest BCUT2D eigenvalue weighted by atomic mass is 79.9. The third kappa shape index (κ3) is 1.40. The highest BCUT2D eigenvalue weighted by molar-refractivity contribution is 9.11. The summed E-state index contributed by atoms with van der Waals surface area (Å²) in [4.78, 5) is 0. The predicted molar refractivity (Wildman–Crippen MR) is 80.4 cm³/mol. The first-order valence-electron chi connectivity index (χ1n) is 6.67. The van der Waals surface area contributed by atoms with Crippen LogP contribution in [0.3, 0.4) is 0 Å². The molecule has 4 heteroatoms. The van der Waals surface area contributed by atoms with Gasteiger partial charge in [0.15, 0.2) is 6.29 Å². The summed E-state index contributed by atoms with van der Waals surface area (Å²) >= 11 is 10.3. The van der Waals surface area contributed by atoms with Crippen molar-refractivity contribution < 1.29 is 9.47 Å². The number of ether oxygens (including phenoxy) is 2. The molecule has 2 aliphatic heterocycles.